The van der Waals surface area contributed by atoms with Gasteiger partial charge in [-0.15, -0.1) is 5.10 Å². The van der Waals surface area contributed by atoms with Crippen molar-refractivity contribution in [3.8, 4) is 28.5 Å². The number of aromatic nitrogens is 6. The van der Waals surface area contributed by atoms with Crippen LogP contribution >= 0.6 is 11.6 Å². The van der Waals surface area contributed by atoms with Crippen molar-refractivity contribution in [2.45, 2.75) is 0 Å². The summed E-state index contributed by atoms with van der Waals surface area (Å²) < 4.78 is 1.50. The second-order valence-corrected chi connectivity index (χ2v) is 7.37. The monoisotopic (exact) mass is 441 g/mol. The Bertz CT molecular complexity index is 1380. The first kappa shape index (κ1) is 19.7. The molecule has 0 saturated heterocycles. The zero-order valence-electron chi connectivity index (χ0n) is 16.6. The maximum Gasteiger partial charge on any atom is 0.277 e. The summed E-state index contributed by atoms with van der Waals surface area (Å²) in [6.07, 6.45) is 1.55. The fourth-order valence-corrected chi connectivity index (χ4v) is 3.31. The lowest BCUT2D eigenvalue weighted by atomic mass is 10.2. The van der Waals surface area contributed by atoms with Crippen molar-refractivity contribution in [2.24, 2.45) is 0 Å². The van der Waals surface area contributed by atoms with Gasteiger partial charge in [0.15, 0.2) is 17.3 Å². The molecule has 0 bridgehead atoms. The summed E-state index contributed by atoms with van der Waals surface area (Å²) >= 11 is 6.01. The van der Waals surface area contributed by atoms with E-state index in [0.717, 1.165) is 16.8 Å². The van der Waals surface area contributed by atoms with Crippen molar-refractivity contribution in [2.75, 3.05) is 5.32 Å². The molecule has 0 aliphatic heterocycles. The molecule has 0 aliphatic carbocycles. The van der Waals surface area contributed by atoms with Crippen LogP contribution in [0.2, 0.25) is 5.02 Å². The number of hydrogen-bond donors (Lipinski definition) is 2. The molecule has 0 atom stereocenters. The average Bonchev–Trinajstić information content (AvgIpc) is 3.51. The van der Waals surface area contributed by atoms with Crippen LogP contribution in [-0.2, 0) is 0 Å². The molecule has 3 aromatic carbocycles. The molecule has 0 unspecified atom stereocenters. The van der Waals surface area contributed by atoms with Gasteiger partial charge in [0.2, 0.25) is 0 Å². The van der Waals surface area contributed by atoms with E-state index < -0.39 is 0 Å². The molecular formula is C23H16ClN7O. The fourth-order valence-electron chi connectivity index (χ4n) is 3.13. The van der Waals surface area contributed by atoms with Crippen LogP contribution in [-0.4, -0.2) is 36.1 Å². The van der Waals surface area contributed by atoms with Crippen molar-refractivity contribution in [3.05, 3.63) is 95.8 Å². The van der Waals surface area contributed by atoms with Crippen molar-refractivity contribution in [3.63, 3.8) is 0 Å². The van der Waals surface area contributed by atoms with Gasteiger partial charge >= 0.3 is 0 Å². The highest BCUT2D eigenvalue weighted by Crippen LogP contribution is 2.22. The molecule has 32 heavy (non-hydrogen) atoms. The highest BCUT2D eigenvalue weighted by molar-refractivity contribution is 6.30. The molecule has 0 aliphatic rings. The van der Waals surface area contributed by atoms with Gasteiger partial charge in [-0.25, -0.2) is 9.67 Å². The number of carbonyl (C=O) groups excluding carboxylic acids is 1. The van der Waals surface area contributed by atoms with Gasteiger partial charge in [0, 0.05) is 21.8 Å². The van der Waals surface area contributed by atoms with Crippen LogP contribution in [0.5, 0.6) is 0 Å². The Balaban J connectivity index is 1.28. The summed E-state index contributed by atoms with van der Waals surface area (Å²) in [5, 5.41) is 18.6. The molecule has 0 spiro atoms. The van der Waals surface area contributed by atoms with Crippen LogP contribution in [0.4, 0.5) is 5.69 Å². The lowest BCUT2D eigenvalue weighted by Crippen LogP contribution is -2.12. The number of H-pyrrole nitrogens is 1. The molecule has 0 saturated carbocycles. The van der Waals surface area contributed by atoms with Gasteiger partial charge < -0.3 is 5.32 Å². The van der Waals surface area contributed by atoms with Crippen molar-refractivity contribution < 1.29 is 4.79 Å². The van der Waals surface area contributed by atoms with E-state index in [-0.39, 0.29) is 11.6 Å². The third-order valence-corrected chi connectivity index (χ3v) is 4.97. The zero-order valence-corrected chi connectivity index (χ0v) is 17.4. The zero-order chi connectivity index (χ0) is 21.9. The SMILES string of the molecule is O=C(Nc1ccc(-c2nc(-c3ccccc3)n[nH]2)cc1)c1cn(-c2cccc(Cl)c2)nn1. The Hall–Kier alpha value is -4.30. The predicted molar refractivity (Wildman–Crippen MR) is 122 cm³/mol. The second-order valence-electron chi connectivity index (χ2n) is 6.93. The topological polar surface area (TPSA) is 101 Å². The highest BCUT2D eigenvalue weighted by Gasteiger charge is 2.13. The third kappa shape index (κ3) is 4.12. The number of amides is 1. The summed E-state index contributed by atoms with van der Waals surface area (Å²) in [4.78, 5) is 17.1. The summed E-state index contributed by atoms with van der Waals surface area (Å²) in [6.45, 7) is 0. The number of nitrogens with zero attached hydrogens (tertiary/aromatic N) is 5. The number of anilines is 1. The minimum absolute atomic E-state index is 0.191. The summed E-state index contributed by atoms with van der Waals surface area (Å²) in [7, 11) is 0. The maximum atomic E-state index is 12.6. The lowest BCUT2D eigenvalue weighted by Gasteiger charge is -2.04. The molecule has 2 N–H and O–H groups in total. The van der Waals surface area contributed by atoms with E-state index in [0.29, 0.717) is 22.4 Å². The summed E-state index contributed by atoms with van der Waals surface area (Å²) in [5.74, 6) is 0.907. The Kier molecular flexibility index (Phi) is 5.19. The number of aromatic amines is 1. The molecule has 0 fully saturated rings. The number of rotatable bonds is 5. The largest absolute Gasteiger partial charge is 0.321 e. The summed E-state index contributed by atoms with van der Waals surface area (Å²) in [5.41, 5.74) is 3.32. The first-order valence-electron chi connectivity index (χ1n) is 9.74. The maximum absolute atomic E-state index is 12.6. The predicted octanol–water partition coefficient (Wildman–Crippen LogP) is 4.63. The van der Waals surface area contributed by atoms with Gasteiger partial charge in [0.1, 0.15) is 0 Å². The Morgan fingerprint density at radius 3 is 2.53 bits per heavy atom. The molecule has 2 aromatic heterocycles. The van der Waals surface area contributed by atoms with Gasteiger partial charge in [-0.3, -0.25) is 9.89 Å². The first-order chi connectivity index (χ1) is 15.7. The molecule has 2 heterocycles. The summed E-state index contributed by atoms with van der Waals surface area (Å²) in [6, 6.07) is 24.2. The van der Waals surface area contributed by atoms with E-state index in [1.165, 1.54) is 4.68 Å². The molecule has 8 nitrogen and oxygen atoms in total. The van der Waals surface area contributed by atoms with E-state index in [2.05, 4.69) is 30.8 Å². The van der Waals surface area contributed by atoms with Crippen LogP contribution in [0.15, 0.2) is 85.1 Å². The Labute approximate surface area is 187 Å². The quantitative estimate of drug-likeness (QED) is 0.414. The average molecular weight is 442 g/mol. The normalized spacial score (nSPS) is 10.8. The van der Waals surface area contributed by atoms with Crippen LogP contribution in [0.3, 0.4) is 0 Å². The molecule has 5 rings (SSSR count). The van der Waals surface area contributed by atoms with E-state index in [9.17, 15) is 4.79 Å². The van der Waals surface area contributed by atoms with Crippen LogP contribution < -0.4 is 5.32 Å². The molecule has 1 amide bonds. The van der Waals surface area contributed by atoms with E-state index in [1.807, 2.05) is 48.5 Å². The van der Waals surface area contributed by atoms with Crippen molar-refractivity contribution >= 4 is 23.2 Å². The third-order valence-electron chi connectivity index (χ3n) is 4.73. The van der Waals surface area contributed by atoms with E-state index in [4.69, 9.17) is 11.6 Å². The van der Waals surface area contributed by atoms with Gasteiger partial charge in [-0.05, 0) is 42.5 Å². The smallest absolute Gasteiger partial charge is 0.277 e. The number of carbonyl (C=O) groups is 1. The van der Waals surface area contributed by atoms with Gasteiger partial charge in [0.05, 0.1) is 11.9 Å². The lowest BCUT2D eigenvalue weighted by molar-refractivity contribution is 0.102. The second kappa shape index (κ2) is 8.44. The van der Waals surface area contributed by atoms with Gasteiger partial charge in [-0.1, -0.05) is 53.2 Å². The van der Waals surface area contributed by atoms with Crippen LogP contribution in [0, 0.1) is 0 Å². The number of benzene rings is 3. The highest BCUT2D eigenvalue weighted by atomic mass is 35.5. The number of nitrogens with one attached hydrogen (secondary N) is 2. The molecule has 156 valence electrons. The van der Waals surface area contributed by atoms with Crippen molar-refractivity contribution in [1.29, 1.82) is 0 Å². The number of hydrogen-bond acceptors (Lipinski definition) is 5. The minimum atomic E-state index is -0.364. The van der Waals surface area contributed by atoms with Crippen molar-refractivity contribution in [1.82, 2.24) is 30.2 Å². The van der Waals surface area contributed by atoms with Gasteiger partial charge in [-0.2, -0.15) is 5.10 Å². The first-order valence-corrected chi connectivity index (χ1v) is 10.1. The Morgan fingerprint density at radius 1 is 0.938 bits per heavy atom. The minimum Gasteiger partial charge on any atom is -0.321 e. The van der Waals surface area contributed by atoms with Gasteiger partial charge in [0.25, 0.3) is 5.91 Å². The Morgan fingerprint density at radius 2 is 1.75 bits per heavy atom. The molecular weight excluding hydrogens is 426 g/mol. The molecule has 0 radical (unpaired) electrons. The van der Waals surface area contributed by atoms with E-state index in [1.54, 1.807) is 36.5 Å². The molecule has 5 aromatic rings. The van der Waals surface area contributed by atoms with Crippen LogP contribution in [0.25, 0.3) is 28.5 Å². The number of halogens is 1. The standard InChI is InChI=1S/C23H16ClN7O/c24-17-7-4-8-19(13-17)31-14-20(27-30-31)23(32)25-18-11-9-16(10-12-18)22-26-21(28-29-22)15-5-2-1-3-6-15/h1-14H,(H,25,32)(H,26,28,29). The fraction of sp³-hybridized carbons (Fsp3) is 0. The van der Waals surface area contributed by atoms with E-state index >= 15 is 0 Å². The van der Waals surface area contributed by atoms with Crippen LogP contribution in [0.1, 0.15) is 10.5 Å². The molecule has 9 heteroatoms.